The first-order valence-corrected chi connectivity index (χ1v) is 8.96. The van der Waals surface area contributed by atoms with E-state index in [0.717, 1.165) is 22.3 Å². The van der Waals surface area contributed by atoms with E-state index in [4.69, 9.17) is 4.52 Å². The van der Waals surface area contributed by atoms with Gasteiger partial charge >= 0.3 is 0 Å². The summed E-state index contributed by atoms with van der Waals surface area (Å²) < 4.78 is 18.6. The zero-order chi connectivity index (χ0) is 19.7. The highest BCUT2D eigenvalue weighted by molar-refractivity contribution is 5.94. The molecular formula is C21H19FN4O2. The van der Waals surface area contributed by atoms with Crippen molar-refractivity contribution in [2.24, 2.45) is 0 Å². The van der Waals surface area contributed by atoms with Crippen LogP contribution in [-0.4, -0.2) is 21.0 Å². The van der Waals surface area contributed by atoms with E-state index < -0.39 is 0 Å². The van der Waals surface area contributed by atoms with Crippen LogP contribution in [0.4, 0.5) is 10.1 Å². The number of H-pyrrole nitrogens is 1. The Bertz CT molecular complexity index is 1160. The second-order valence-electron chi connectivity index (χ2n) is 6.78. The molecule has 0 saturated carbocycles. The lowest BCUT2D eigenvalue weighted by Gasteiger charge is -2.04. The normalized spacial score (nSPS) is 11.1. The number of rotatable bonds is 5. The van der Waals surface area contributed by atoms with Gasteiger partial charge in [0.1, 0.15) is 5.82 Å². The van der Waals surface area contributed by atoms with Gasteiger partial charge in [-0.1, -0.05) is 5.16 Å². The molecule has 6 nitrogen and oxygen atoms in total. The average molecular weight is 378 g/mol. The number of fused-ring (bicyclic) bond motifs is 1. The number of nitrogens with zero attached hydrogens (tertiary/aromatic N) is 2. The van der Waals surface area contributed by atoms with Crippen molar-refractivity contribution in [3.8, 4) is 11.4 Å². The summed E-state index contributed by atoms with van der Waals surface area (Å²) in [5.74, 6) is 0.330. The Kier molecular flexibility index (Phi) is 4.65. The second-order valence-corrected chi connectivity index (χ2v) is 6.78. The number of aryl methyl sites for hydroxylation is 3. The van der Waals surface area contributed by atoms with Gasteiger partial charge < -0.3 is 14.8 Å². The Morgan fingerprint density at radius 3 is 2.86 bits per heavy atom. The highest BCUT2D eigenvalue weighted by Gasteiger charge is 2.12. The molecule has 0 bridgehead atoms. The summed E-state index contributed by atoms with van der Waals surface area (Å²) >= 11 is 0. The summed E-state index contributed by atoms with van der Waals surface area (Å²) in [6.07, 6.45) is 0.540. The second kappa shape index (κ2) is 7.26. The predicted molar refractivity (Wildman–Crippen MR) is 104 cm³/mol. The monoisotopic (exact) mass is 378 g/mol. The van der Waals surface area contributed by atoms with Crippen molar-refractivity contribution in [1.82, 2.24) is 15.1 Å². The van der Waals surface area contributed by atoms with Crippen molar-refractivity contribution in [1.29, 1.82) is 0 Å². The summed E-state index contributed by atoms with van der Waals surface area (Å²) in [7, 11) is 0. The predicted octanol–water partition coefficient (Wildman–Crippen LogP) is 4.55. The molecule has 0 spiro atoms. The van der Waals surface area contributed by atoms with Crippen LogP contribution in [-0.2, 0) is 11.2 Å². The first kappa shape index (κ1) is 17.9. The number of anilines is 1. The molecule has 0 fully saturated rings. The molecule has 0 atom stereocenters. The minimum atomic E-state index is -0.280. The first-order valence-electron chi connectivity index (χ1n) is 8.96. The summed E-state index contributed by atoms with van der Waals surface area (Å²) in [5.41, 5.74) is 4.03. The maximum absolute atomic E-state index is 13.4. The van der Waals surface area contributed by atoms with Gasteiger partial charge in [-0.15, -0.1) is 0 Å². The Morgan fingerprint density at radius 2 is 2.04 bits per heavy atom. The van der Waals surface area contributed by atoms with Crippen molar-refractivity contribution >= 4 is 22.5 Å². The van der Waals surface area contributed by atoms with Gasteiger partial charge in [-0.25, -0.2) is 4.39 Å². The molecule has 2 aromatic heterocycles. The maximum atomic E-state index is 13.4. The molecule has 0 unspecified atom stereocenters. The Hall–Kier alpha value is -3.48. The van der Waals surface area contributed by atoms with Crippen LogP contribution in [0.1, 0.15) is 23.6 Å². The van der Waals surface area contributed by atoms with Crippen LogP contribution < -0.4 is 5.32 Å². The van der Waals surface area contributed by atoms with E-state index in [-0.39, 0.29) is 18.1 Å². The van der Waals surface area contributed by atoms with Gasteiger partial charge in [-0.2, -0.15) is 4.98 Å². The Labute approximate surface area is 160 Å². The number of amides is 1. The van der Waals surface area contributed by atoms with E-state index >= 15 is 0 Å². The van der Waals surface area contributed by atoms with Gasteiger partial charge in [0.05, 0.1) is 0 Å². The molecule has 0 aliphatic carbocycles. The van der Waals surface area contributed by atoms with E-state index in [0.29, 0.717) is 29.3 Å². The van der Waals surface area contributed by atoms with Crippen molar-refractivity contribution < 1.29 is 13.7 Å². The molecular weight excluding hydrogens is 359 g/mol. The fourth-order valence-electron chi connectivity index (χ4n) is 3.06. The van der Waals surface area contributed by atoms with Crippen molar-refractivity contribution in [3.05, 3.63) is 65.4 Å². The molecule has 4 aromatic rings. The molecule has 0 aliphatic rings. The van der Waals surface area contributed by atoms with Gasteiger partial charge in [0, 0.05) is 40.7 Å². The van der Waals surface area contributed by atoms with E-state index in [1.54, 1.807) is 19.1 Å². The number of carbonyl (C=O) groups excluding carboxylic acids is 1. The summed E-state index contributed by atoms with van der Waals surface area (Å²) in [5, 5.41) is 7.84. The molecule has 0 radical (unpaired) electrons. The van der Waals surface area contributed by atoms with Crippen LogP contribution in [0.25, 0.3) is 22.3 Å². The van der Waals surface area contributed by atoms with Gasteiger partial charge in [0.25, 0.3) is 0 Å². The third-order valence-electron chi connectivity index (χ3n) is 4.49. The molecule has 0 aliphatic heterocycles. The molecule has 142 valence electrons. The number of aromatic amines is 1. The largest absolute Gasteiger partial charge is 0.359 e. The van der Waals surface area contributed by atoms with Crippen LogP contribution in [0.15, 0.2) is 47.0 Å². The van der Waals surface area contributed by atoms with Crippen molar-refractivity contribution in [2.75, 3.05) is 5.32 Å². The molecule has 7 heteroatoms. The standard InChI is InChI=1S/C21H19FN4O2/c1-12-9-14(3-5-17(12)22)21-25-20(28-26-21)8-7-19(27)24-16-4-6-18-15(11-16)10-13(2)23-18/h3-6,9-11,23H,7-8H2,1-2H3,(H,24,27). The zero-order valence-corrected chi connectivity index (χ0v) is 15.5. The lowest BCUT2D eigenvalue weighted by Crippen LogP contribution is -2.12. The number of nitrogens with one attached hydrogen (secondary N) is 2. The van der Waals surface area contributed by atoms with Gasteiger partial charge in [0.2, 0.25) is 17.6 Å². The van der Waals surface area contributed by atoms with Crippen molar-refractivity contribution in [2.45, 2.75) is 26.7 Å². The fourth-order valence-corrected chi connectivity index (χ4v) is 3.06. The molecule has 2 heterocycles. The number of halogens is 1. The summed E-state index contributed by atoms with van der Waals surface area (Å²) in [4.78, 5) is 19.8. The number of carbonyl (C=O) groups is 1. The Morgan fingerprint density at radius 1 is 1.18 bits per heavy atom. The fraction of sp³-hybridized carbons (Fsp3) is 0.190. The number of hydrogen-bond donors (Lipinski definition) is 2. The molecule has 2 aromatic carbocycles. The van der Waals surface area contributed by atoms with E-state index in [1.165, 1.54) is 6.07 Å². The van der Waals surface area contributed by atoms with Crippen LogP contribution in [0.3, 0.4) is 0 Å². The molecule has 2 N–H and O–H groups in total. The lowest BCUT2D eigenvalue weighted by molar-refractivity contribution is -0.116. The number of hydrogen-bond acceptors (Lipinski definition) is 4. The minimum Gasteiger partial charge on any atom is -0.359 e. The summed E-state index contributed by atoms with van der Waals surface area (Å²) in [6, 6.07) is 12.4. The lowest BCUT2D eigenvalue weighted by atomic mass is 10.1. The van der Waals surface area contributed by atoms with Crippen LogP contribution in [0, 0.1) is 19.7 Å². The zero-order valence-electron chi connectivity index (χ0n) is 15.5. The smallest absolute Gasteiger partial charge is 0.227 e. The van der Waals surface area contributed by atoms with Crippen molar-refractivity contribution in [3.63, 3.8) is 0 Å². The highest BCUT2D eigenvalue weighted by Crippen LogP contribution is 2.21. The Balaban J connectivity index is 1.37. The maximum Gasteiger partial charge on any atom is 0.227 e. The molecule has 0 saturated heterocycles. The van der Waals surface area contributed by atoms with Crippen LogP contribution >= 0.6 is 0 Å². The first-order chi connectivity index (χ1) is 13.5. The molecule has 4 rings (SSSR count). The average Bonchev–Trinajstić information content (AvgIpc) is 3.27. The quantitative estimate of drug-likeness (QED) is 0.534. The third-order valence-corrected chi connectivity index (χ3v) is 4.49. The summed E-state index contributed by atoms with van der Waals surface area (Å²) in [6.45, 7) is 3.67. The van der Waals surface area contributed by atoms with E-state index in [2.05, 4.69) is 20.4 Å². The van der Waals surface area contributed by atoms with Gasteiger partial charge in [-0.05, 0) is 61.9 Å². The number of benzene rings is 2. The third kappa shape index (κ3) is 3.78. The highest BCUT2D eigenvalue weighted by atomic mass is 19.1. The SMILES string of the molecule is Cc1cc2cc(NC(=O)CCc3nc(-c4ccc(F)c(C)c4)no3)ccc2[nH]1. The number of aromatic nitrogens is 3. The van der Waals surface area contributed by atoms with E-state index in [9.17, 15) is 9.18 Å². The van der Waals surface area contributed by atoms with E-state index in [1.807, 2.05) is 31.2 Å². The minimum absolute atomic E-state index is 0.135. The molecule has 1 amide bonds. The topological polar surface area (TPSA) is 83.8 Å². The van der Waals surface area contributed by atoms with Gasteiger partial charge in [0.15, 0.2) is 0 Å². The molecule has 28 heavy (non-hydrogen) atoms. The van der Waals surface area contributed by atoms with Gasteiger partial charge in [-0.3, -0.25) is 4.79 Å². The van der Waals surface area contributed by atoms with Crippen LogP contribution in [0.5, 0.6) is 0 Å². The van der Waals surface area contributed by atoms with Crippen LogP contribution in [0.2, 0.25) is 0 Å².